The Balaban J connectivity index is 1.41. The van der Waals surface area contributed by atoms with E-state index in [4.69, 9.17) is 18.9 Å². The van der Waals surface area contributed by atoms with E-state index in [1.165, 1.54) is 13.8 Å². The third-order valence-corrected chi connectivity index (χ3v) is 13.0. The van der Waals surface area contributed by atoms with E-state index in [1.807, 2.05) is 13.8 Å². The van der Waals surface area contributed by atoms with Crippen LogP contribution in [0.1, 0.15) is 114 Å². The van der Waals surface area contributed by atoms with Crippen LogP contribution in [0.3, 0.4) is 0 Å². The number of hydrogen-bond donors (Lipinski definition) is 0. The summed E-state index contributed by atoms with van der Waals surface area (Å²) in [6.45, 7) is 20.2. The molecule has 0 amide bonds. The Hall–Kier alpha value is -1.47. The molecule has 0 aromatic rings. The molecule has 42 heavy (non-hydrogen) atoms. The van der Waals surface area contributed by atoms with Crippen LogP contribution in [0.4, 0.5) is 0 Å². The largest absolute Gasteiger partial charge is 0.458 e. The normalized spacial score (nSPS) is 43.3. The van der Waals surface area contributed by atoms with Gasteiger partial charge in [-0.2, -0.15) is 0 Å². The summed E-state index contributed by atoms with van der Waals surface area (Å²) in [6.07, 6.45) is 5.76. The Bertz CT molecular complexity index is 1070. The lowest BCUT2D eigenvalue weighted by Gasteiger charge is -2.61. The van der Waals surface area contributed by atoms with Gasteiger partial charge in [0.25, 0.3) is 0 Å². The maximum absolute atomic E-state index is 13.9. The molecule has 238 valence electrons. The Labute approximate surface area is 253 Å². The molecule has 0 bridgehead atoms. The van der Waals surface area contributed by atoms with Gasteiger partial charge in [-0.25, -0.2) is 0 Å². The SMILES string of the molecule is CC(=O)O[C@H]([C@@H](C)[C@H]1CC[C@H]2[C@@H]3CC(=O)[C@H]4C[C@@H]5OC(C)(C)O[C@@H]5C[C@]4(C)[C@H]3CC[C@]12C)[C@H](OC(C)=O)[C@@H](C)C(C)C. The summed E-state index contributed by atoms with van der Waals surface area (Å²) >= 11 is 0. The molecule has 5 aliphatic rings. The van der Waals surface area contributed by atoms with Crippen LogP contribution in [0, 0.1) is 58.2 Å². The Morgan fingerprint density at radius 2 is 1.43 bits per heavy atom. The first-order valence-corrected chi connectivity index (χ1v) is 16.7. The minimum absolute atomic E-state index is 0.0146. The Morgan fingerprint density at radius 1 is 0.833 bits per heavy atom. The van der Waals surface area contributed by atoms with Gasteiger partial charge in [0.05, 0.1) is 12.2 Å². The van der Waals surface area contributed by atoms with Crippen LogP contribution in [0.5, 0.6) is 0 Å². The van der Waals surface area contributed by atoms with Crippen LogP contribution in [0.25, 0.3) is 0 Å². The topological polar surface area (TPSA) is 88.1 Å². The molecular formula is C35H56O7. The van der Waals surface area contributed by atoms with Gasteiger partial charge in [-0.15, -0.1) is 0 Å². The molecule has 7 heteroatoms. The van der Waals surface area contributed by atoms with Crippen molar-refractivity contribution in [1.29, 1.82) is 0 Å². The lowest BCUT2D eigenvalue weighted by Crippen LogP contribution is -2.59. The van der Waals surface area contributed by atoms with Crippen LogP contribution in [-0.4, -0.2) is 47.9 Å². The molecule has 4 saturated carbocycles. The average Bonchev–Trinajstić information content (AvgIpc) is 3.38. The number of esters is 2. The van der Waals surface area contributed by atoms with Crippen molar-refractivity contribution in [2.24, 2.45) is 58.2 Å². The smallest absolute Gasteiger partial charge is 0.303 e. The quantitative estimate of drug-likeness (QED) is 0.304. The lowest BCUT2D eigenvalue weighted by molar-refractivity contribution is -0.182. The summed E-state index contributed by atoms with van der Waals surface area (Å²) in [5, 5.41) is 0. The average molecular weight is 589 g/mol. The Kier molecular flexibility index (Phi) is 8.48. The van der Waals surface area contributed by atoms with Crippen LogP contribution in [0.2, 0.25) is 0 Å². The van der Waals surface area contributed by atoms with E-state index < -0.39 is 18.0 Å². The van der Waals surface area contributed by atoms with E-state index >= 15 is 0 Å². The number of ketones is 1. The van der Waals surface area contributed by atoms with Crippen LogP contribution < -0.4 is 0 Å². The van der Waals surface area contributed by atoms with Crippen molar-refractivity contribution in [1.82, 2.24) is 0 Å². The van der Waals surface area contributed by atoms with Crippen molar-refractivity contribution >= 4 is 17.7 Å². The summed E-state index contributed by atoms with van der Waals surface area (Å²) < 4.78 is 24.6. The number of rotatable bonds is 7. The fourth-order valence-corrected chi connectivity index (χ4v) is 10.9. The first kappa shape index (κ1) is 31.9. The van der Waals surface area contributed by atoms with Gasteiger partial charge in [0.1, 0.15) is 18.0 Å². The highest BCUT2D eigenvalue weighted by Gasteiger charge is 2.65. The monoisotopic (exact) mass is 588 g/mol. The van der Waals surface area contributed by atoms with Gasteiger partial charge in [-0.3, -0.25) is 14.4 Å². The van der Waals surface area contributed by atoms with Gasteiger partial charge in [-0.1, -0.05) is 41.5 Å². The summed E-state index contributed by atoms with van der Waals surface area (Å²) in [5.41, 5.74) is -0.0279. The predicted molar refractivity (Wildman–Crippen MR) is 159 cm³/mol. The molecule has 5 fully saturated rings. The summed E-state index contributed by atoms with van der Waals surface area (Å²) in [6, 6.07) is 0. The van der Waals surface area contributed by atoms with Crippen molar-refractivity contribution in [3.05, 3.63) is 0 Å². The predicted octanol–water partition coefficient (Wildman–Crippen LogP) is 6.75. The first-order valence-electron chi connectivity index (χ1n) is 16.7. The highest BCUT2D eigenvalue weighted by atomic mass is 16.8. The summed E-state index contributed by atoms with van der Waals surface area (Å²) in [7, 11) is 0. The van der Waals surface area contributed by atoms with Crippen molar-refractivity contribution in [3.63, 3.8) is 0 Å². The molecule has 1 heterocycles. The maximum atomic E-state index is 13.9. The van der Waals surface area contributed by atoms with Gasteiger partial charge < -0.3 is 18.9 Å². The fraction of sp³-hybridized carbons (Fsp3) is 0.914. The molecule has 1 aliphatic heterocycles. The van der Waals surface area contributed by atoms with Gasteiger partial charge in [0.15, 0.2) is 5.79 Å². The van der Waals surface area contributed by atoms with Crippen molar-refractivity contribution in [2.45, 2.75) is 144 Å². The van der Waals surface area contributed by atoms with Crippen molar-refractivity contribution in [2.75, 3.05) is 0 Å². The standard InChI is InChI=1S/C35H56O7/c1-18(2)19(3)31(39-21(5)36)32(40-22(6)37)20(4)24-11-12-25-23-15-28(38)27-16-29-30(42-33(7,8)41-29)17-35(27,10)26(23)13-14-34(24,25)9/h18-20,23-27,29-32H,11-17H2,1-10H3/t19-,20-,23-,24+,25-,26-,27+,29-,30+,31+,32+,34+,35+/m0/s1. The second kappa shape index (κ2) is 11.2. The molecule has 7 nitrogen and oxygen atoms in total. The molecule has 13 atom stereocenters. The highest BCUT2D eigenvalue weighted by Crippen LogP contribution is 2.68. The minimum atomic E-state index is -0.586. The van der Waals surface area contributed by atoms with Crippen molar-refractivity contribution in [3.8, 4) is 0 Å². The minimum Gasteiger partial charge on any atom is -0.458 e. The van der Waals surface area contributed by atoms with Crippen LogP contribution in [-0.2, 0) is 33.3 Å². The van der Waals surface area contributed by atoms with Gasteiger partial charge in [0, 0.05) is 32.1 Å². The molecule has 0 unspecified atom stereocenters. The van der Waals surface area contributed by atoms with E-state index in [0.29, 0.717) is 35.9 Å². The van der Waals surface area contributed by atoms with Gasteiger partial charge in [-0.05, 0) is 98.7 Å². The highest BCUT2D eigenvalue weighted by molar-refractivity contribution is 5.83. The molecular weight excluding hydrogens is 532 g/mol. The van der Waals surface area contributed by atoms with Crippen LogP contribution in [0.15, 0.2) is 0 Å². The van der Waals surface area contributed by atoms with E-state index in [-0.39, 0.29) is 58.6 Å². The molecule has 0 aromatic heterocycles. The summed E-state index contributed by atoms with van der Waals surface area (Å²) in [5.74, 6) is 1.16. The number of fused-ring (bicyclic) bond motifs is 6. The molecule has 0 radical (unpaired) electrons. The third-order valence-electron chi connectivity index (χ3n) is 13.0. The van der Waals surface area contributed by atoms with Crippen molar-refractivity contribution < 1.29 is 33.3 Å². The second-order valence-corrected chi connectivity index (χ2v) is 16.1. The first-order chi connectivity index (χ1) is 19.5. The van der Waals surface area contributed by atoms with E-state index in [1.54, 1.807) is 0 Å². The lowest BCUT2D eigenvalue weighted by atomic mass is 9.44. The maximum Gasteiger partial charge on any atom is 0.303 e. The molecule has 0 aromatic carbocycles. The third kappa shape index (κ3) is 5.37. The molecule has 0 N–H and O–H groups in total. The molecule has 4 aliphatic carbocycles. The van der Waals surface area contributed by atoms with E-state index in [2.05, 4.69) is 41.5 Å². The molecule has 5 rings (SSSR count). The van der Waals surface area contributed by atoms with Crippen LogP contribution >= 0.6 is 0 Å². The number of carbonyl (C=O) groups excluding carboxylic acids is 3. The molecule has 1 saturated heterocycles. The van der Waals surface area contributed by atoms with Gasteiger partial charge in [0.2, 0.25) is 0 Å². The van der Waals surface area contributed by atoms with E-state index in [9.17, 15) is 14.4 Å². The van der Waals surface area contributed by atoms with Gasteiger partial charge >= 0.3 is 11.9 Å². The zero-order valence-corrected chi connectivity index (χ0v) is 27.7. The summed E-state index contributed by atoms with van der Waals surface area (Å²) in [4.78, 5) is 38.5. The Morgan fingerprint density at radius 3 is 2.05 bits per heavy atom. The zero-order valence-electron chi connectivity index (χ0n) is 27.7. The number of Topliss-reactive ketones (excluding diaryl/α,β-unsaturated/α-hetero) is 1. The number of ether oxygens (including phenoxy) is 4. The molecule has 0 spiro atoms. The van der Waals surface area contributed by atoms with E-state index in [0.717, 1.165) is 38.5 Å². The number of hydrogen-bond acceptors (Lipinski definition) is 7. The zero-order chi connectivity index (χ0) is 30.9. The fourth-order valence-electron chi connectivity index (χ4n) is 10.9. The number of carbonyl (C=O) groups is 3. The second-order valence-electron chi connectivity index (χ2n) is 16.1.